The van der Waals surface area contributed by atoms with Gasteiger partial charge in [-0.1, -0.05) is 11.6 Å². The zero-order valence-corrected chi connectivity index (χ0v) is 16.8. The molecule has 0 aliphatic carbocycles. The van der Waals surface area contributed by atoms with Crippen molar-refractivity contribution < 1.29 is 22.7 Å². The summed E-state index contributed by atoms with van der Waals surface area (Å²) in [5.74, 6) is 0.340. The molecule has 0 aliphatic rings. The Labute approximate surface area is 163 Å². The van der Waals surface area contributed by atoms with E-state index in [4.69, 9.17) is 21.1 Å². The number of benzene rings is 2. The van der Waals surface area contributed by atoms with Gasteiger partial charge in [-0.05, 0) is 62.7 Å². The fourth-order valence-electron chi connectivity index (χ4n) is 2.28. The lowest BCUT2D eigenvalue weighted by Crippen LogP contribution is -2.17. The Balaban J connectivity index is 2.36. The molecule has 0 aliphatic heterocycles. The number of amides is 1. The van der Waals surface area contributed by atoms with E-state index in [1.165, 1.54) is 18.2 Å². The number of carbonyl (C=O) groups is 1. The second kappa shape index (κ2) is 8.96. The van der Waals surface area contributed by atoms with Gasteiger partial charge in [-0.3, -0.25) is 10.0 Å². The molecule has 1 amide bonds. The van der Waals surface area contributed by atoms with Crippen LogP contribution in [0.15, 0.2) is 41.3 Å². The summed E-state index contributed by atoms with van der Waals surface area (Å²) in [5.41, 5.74) is 1.29. The third-order valence-electron chi connectivity index (χ3n) is 3.51. The topological polar surface area (TPSA) is 93.7 Å². The molecule has 0 aromatic heterocycles. The first-order valence-corrected chi connectivity index (χ1v) is 10.1. The van der Waals surface area contributed by atoms with Crippen molar-refractivity contribution in [3.8, 4) is 5.75 Å². The van der Waals surface area contributed by atoms with Crippen molar-refractivity contribution in [3.05, 3.63) is 47.0 Å². The largest absolute Gasteiger partial charge is 0.492 e. The van der Waals surface area contributed by atoms with Crippen molar-refractivity contribution in [1.29, 1.82) is 0 Å². The molecule has 0 radical (unpaired) electrons. The predicted octanol–water partition coefficient (Wildman–Crippen LogP) is 4.42. The molecule has 146 valence electrons. The van der Waals surface area contributed by atoms with Crippen LogP contribution in [0, 0.1) is 6.92 Å². The minimum atomic E-state index is -3.89. The molecule has 0 unspecified atom stereocenters. The molecular formula is C18H21ClN2O5S. The van der Waals surface area contributed by atoms with Gasteiger partial charge in [0.2, 0.25) is 0 Å². The smallest absolute Gasteiger partial charge is 0.411 e. The number of ether oxygens (including phenoxy) is 2. The average Bonchev–Trinajstić information content (AvgIpc) is 2.59. The lowest BCUT2D eigenvalue weighted by molar-refractivity contribution is 0.167. The number of aryl methyl sites for hydroxylation is 1. The molecule has 9 heteroatoms. The highest BCUT2D eigenvalue weighted by atomic mass is 35.5. The molecule has 0 saturated carbocycles. The van der Waals surface area contributed by atoms with Gasteiger partial charge >= 0.3 is 6.09 Å². The number of carbonyl (C=O) groups excluding carboxylic acids is 1. The van der Waals surface area contributed by atoms with Crippen LogP contribution >= 0.6 is 11.6 Å². The summed E-state index contributed by atoms with van der Waals surface area (Å²) in [6.07, 6.45) is -0.700. The first-order chi connectivity index (χ1) is 12.8. The van der Waals surface area contributed by atoms with Crippen LogP contribution in [-0.2, 0) is 14.8 Å². The van der Waals surface area contributed by atoms with E-state index in [9.17, 15) is 13.2 Å². The number of halogens is 1. The van der Waals surface area contributed by atoms with Crippen molar-refractivity contribution >= 4 is 39.1 Å². The molecular weight excluding hydrogens is 392 g/mol. The number of sulfonamides is 1. The summed E-state index contributed by atoms with van der Waals surface area (Å²) in [4.78, 5) is 11.7. The molecule has 2 aromatic rings. The molecule has 0 spiro atoms. The van der Waals surface area contributed by atoms with Gasteiger partial charge in [0.05, 0.1) is 29.5 Å². The summed E-state index contributed by atoms with van der Waals surface area (Å²) < 4.78 is 38.3. The Morgan fingerprint density at radius 1 is 1.07 bits per heavy atom. The van der Waals surface area contributed by atoms with Crippen LogP contribution in [0.4, 0.5) is 16.2 Å². The fourth-order valence-corrected chi connectivity index (χ4v) is 3.66. The van der Waals surface area contributed by atoms with Crippen LogP contribution in [0.3, 0.4) is 0 Å². The third-order valence-corrected chi connectivity index (χ3v) is 5.10. The lowest BCUT2D eigenvalue weighted by atomic mass is 10.2. The molecule has 2 N–H and O–H groups in total. The summed E-state index contributed by atoms with van der Waals surface area (Å²) >= 11 is 5.90. The summed E-state index contributed by atoms with van der Waals surface area (Å²) in [6, 6.07) is 9.03. The lowest BCUT2D eigenvalue weighted by Gasteiger charge is -2.15. The van der Waals surface area contributed by atoms with E-state index in [-0.39, 0.29) is 17.2 Å². The van der Waals surface area contributed by atoms with E-state index >= 15 is 0 Å². The van der Waals surface area contributed by atoms with E-state index < -0.39 is 16.1 Å². The van der Waals surface area contributed by atoms with E-state index in [2.05, 4.69) is 10.0 Å². The summed E-state index contributed by atoms with van der Waals surface area (Å²) in [6.45, 7) is 5.73. The highest BCUT2D eigenvalue weighted by molar-refractivity contribution is 7.92. The van der Waals surface area contributed by atoms with Crippen LogP contribution in [0.25, 0.3) is 0 Å². The second-order valence-corrected chi connectivity index (χ2v) is 7.62. The summed E-state index contributed by atoms with van der Waals surface area (Å²) in [5, 5.41) is 3.01. The van der Waals surface area contributed by atoms with Gasteiger partial charge in [0.1, 0.15) is 5.75 Å². The molecule has 0 bridgehead atoms. The van der Waals surface area contributed by atoms with Gasteiger partial charge in [-0.2, -0.15) is 0 Å². The van der Waals surface area contributed by atoms with Crippen LogP contribution in [0.5, 0.6) is 5.75 Å². The van der Waals surface area contributed by atoms with E-state index in [1.807, 2.05) is 0 Å². The summed E-state index contributed by atoms with van der Waals surface area (Å²) in [7, 11) is -3.89. The average molecular weight is 413 g/mol. The third kappa shape index (κ3) is 5.51. The number of anilines is 2. The van der Waals surface area contributed by atoms with Gasteiger partial charge < -0.3 is 9.47 Å². The molecule has 27 heavy (non-hydrogen) atoms. The Hall–Kier alpha value is -2.45. The van der Waals surface area contributed by atoms with E-state index in [0.717, 1.165) is 0 Å². The number of hydrogen-bond donors (Lipinski definition) is 2. The number of hydrogen-bond acceptors (Lipinski definition) is 5. The minimum Gasteiger partial charge on any atom is -0.492 e. The molecule has 7 nitrogen and oxygen atoms in total. The van der Waals surface area contributed by atoms with Crippen molar-refractivity contribution in [2.75, 3.05) is 23.3 Å². The van der Waals surface area contributed by atoms with E-state index in [1.54, 1.807) is 39.0 Å². The predicted molar refractivity (Wildman–Crippen MR) is 105 cm³/mol. The monoisotopic (exact) mass is 412 g/mol. The van der Waals surface area contributed by atoms with Crippen LogP contribution in [0.1, 0.15) is 19.4 Å². The van der Waals surface area contributed by atoms with E-state index in [0.29, 0.717) is 28.6 Å². The van der Waals surface area contributed by atoms with Gasteiger partial charge in [-0.15, -0.1) is 0 Å². The van der Waals surface area contributed by atoms with Crippen molar-refractivity contribution in [2.24, 2.45) is 0 Å². The van der Waals surface area contributed by atoms with Crippen LogP contribution in [0.2, 0.25) is 5.02 Å². The SMILES string of the molecule is CCOC(=O)Nc1cc(S(=O)(=O)Nc2ccc(Cl)cc2C)ccc1OCC. The highest BCUT2D eigenvalue weighted by Gasteiger charge is 2.19. The fraction of sp³-hybridized carbons (Fsp3) is 0.278. The molecule has 2 aromatic carbocycles. The standard InChI is InChI=1S/C18H21ClN2O5S/c1-4-25-17-9-7-14(11-16(17)20-18(22)26-5-2)27(23,24)21-15-8-6-13(19)10-12(15)3/h6-11,21H,4-5H2,1-3H3,(H,20,22). The van der Waals surface area contributed by atoms with Crippen LogP contribution in [-0.4, -0.2) is 27.7 Å². The first-order valence-electron chi connectivity index (χ1n) is 8.26. The number of rotatable bonds is 7. The van der Waals surface area contributed by atoms with Crippen LogP contribution < -0.4 is 14.8 Å². The van der Waals surface area contributed by atoms with Crippen molar-refractivity contribution in [1.82, 2.24) is 0 Å². The molecule has 2 rings (SSSR count). The molecule has 0 saturated heterocycles. The zero-order chi connectivity index (χ0) is 20.0. The zero-order valence-electron chi connectivity index (χ0n) is 15.2. The quantitative estimate of drug-likeness (QED) is 0.702. The maximum absolute atomic E-state index is 12.7. The Kier molecular flexibility index (Phi) is 6.92. The highest BCUT2D eigenvalue weighted by Crippen LogP contribution is 2.30. The molecule has 0 atom stereocenters. The Morgan fingerprint density at radius 2 is 1.81 bits per heavy atom. The maximum atomic E-state index is 12.7. The maximum Gasteiger partial charge on any atom is 0.411 e. The first kappa shape index (κ1) is 20.9. The van der Waals surface area contributed by atoms with Crippen molar-refractivity contribution in [2.45, 2.75) is 25.7 Å². The van der Waals surface area contributed by atoms with Gasteiger partial charge in [0.15, 0.2) is 0 Å². The Bertz CT molecular complexity index is 931. The van der Waals surface area contributed by atoms with Gasteiger partial charge in [0.25, 0.3) is 10.0 Å². The van der Waals surface area contributed by atoms with Gasteiger partial charge in [-0.25, -0.2) is 13.2 Å². The second-order valence-electron chi connectivity index (χ2n) is 5.50. The normalized spacial score (nSPS) is 11.0. The van der Waals surface area contributed by atoms with Crippen molar-refractivity contribution in [3.63, 3.8) is 0 Å². The Morgan fingerprint density at radius 3 is 2.44 bits per heavy atom. The molecule has 0 heterocycles. The molecule has 0 fully saturated rings. The number of nitrogens with one attached hydrogen (secondary N) is 2. The minimum absolute atomic E-state index is 0.0351. The van der Waals surface area contributed by atoms with Gasteiger partial charge in [0, 0.05) is 5.02 Å².